The van der Waals surface area contributed by atoms with Gasteiger partial charge in [0.2, 0.25) is 0 Å². The van der Waals surface area contributed by atoms with Crippen molar-refractivity contribution in [1.82, 2.24) is 10.6 Å². The maximum absolute atomic E-state index is 13.2. The number of hydrogen-bond acceptors (Lipinski definition) is 2. The number of amides is 1. The Morgan fingerprint density at radius 2 is 2.12 bits per heavy atom. The van der Waals surface area contributed by atoms with E-state index in [4.69, 9.17) is 0 Å². The van der Waals surface area contributed by atoms with Gasteiger partial charge in [-0.2, -0.15) is 0 Å². The summed E-state index contributed by atoms with van der Waals surface area (Å²) >= 11 is 3.06. The number of benzene rings is 1. The highest BCUT2D eigenvalue weighted by atomic mass is 79.9. The van der Waals surface area contributed by atoms with Crippen molar-refractivity contribution in [3.05, 3.63) is 34.1 Å². The molecule has 1 rings (SSSR count). The smallest absolute Gasteiger partial charge is 0.252 e. The Morgan fingerprint density at radius 3 is 2.76 bits per heavy atom. The first-order valence-electron chi connectivity index (χ1n) is 5.48. The van der Waals surface area contributed by atoms with Crippen LogP contribution in [0.25, 0.3) is 0 Å². The number of halogens is 2. The van der Waals surface area contributed by atoms with Gasteiger partial charge in [-0.25, -0.2) is 4.39 Å². The molecule has 94 valence electrons. The molecule has 0 saturated heterocycles. The predicted octanol–water partition coefficient (Wildman–Crippen LogP) is 2.32. The summed E-state index contributed by atoms with van der Waals surface area (Å²) < 4.78 is 13.4. The Morgan fingerprint density at radius 1 is 1.41 bits per heavy atom. The third-order valence-corrected chi connectivity index (χ3v) is 2.97. The van der Waals surface area contributed by atoms with Crippen LogP contribution in [0.3, 0.4) is 0 Å². The van der Waals surface area contributed by atoms with Crippen LogP contribution in [-0.2, 0) is 0 Å². The molecular formula is C12H16BrFN2O. The predicted molar refractivity (Wildman–Crippen MR) is 69.6 cm³/mol. The van der Waals surface area contributed by atoms with E-state index in [1.165, 1.54) is 12.1 Å². The van der Waals surface area contributed by atoms with E-state index in [2.05, 4.69) is 26.6 Å². The molecule has 0 aliphatic heterocycles. The van der Waals surface area contributed by atoms with Gasteiger partial charge in [-0.05, 0) is 28.1 Å². The van der Waals surface area contributed by atoms with Gasteiger partial charge in [0.1, 0.15) is 5.82 Å². The van der Waals surface area contributed by atoms with Crippen LogP contribution in [0.5, 0.6) is 0 Å². The number of carbonyl (C=O) groups is 1. The minimum Gasteiger partial charge on any atom is -0.351 e. The van der Waals surface area contributed by atoms with E-state index in [0.29, 0.717) is 24.7 Å². The lowest BCUT2D eigenvalue weighted by Gasteiger charge is -2.10. The topological polar surface area (TPSA) is 41.1 Å². The molecule has 0 bridgehead atoms. The average molecular weight is 303 g/mol. The minimum atomic E-state index is -0.432. The lowest BCUT2D eigenvalue weighted by molar-refractivity contribution is 0.0952. The van der Waals surface area contributed by atoms with Gasteiger partial charge in [0.25, 0.3) is 5.91 Å². The lowest BCUT2D eigenvalue weighted by Crippen LogP contribution is -2.34. The molecule has 0 atom stereocenters. The van der Waals surface area contributed by atoms with Crippen molar-refractivity contribution in [3.8, 4) is 0 Å². The SMILES string of the molecule is CC(C)NCCNC(=O)c1cccc(F)c1Br. The second-order valence-electron chi connectivity index (χ2n) is 3.97. The summed E-state index contributed by atoms with van der Waals surface area (Å²) in [5, 5.41) is 5.90. The number of rotatable bonds is 5. The molecule has 0 heterocycles. The summed E-state index contributed by atoms with van der Waals surface area (Å²) in [7, 11) is 0. The van der Waals surface area contributed by atoms with Gasteiger partial charge in [0.05, 0.1) is 10.0 Å². The normalized spacial score (nSPS) is 10.6. The van der Waals surface area contributed by atoms with Crippen molar-refractivity contribution in [1.29, 1.82) is 0 Å². The molecule has 0 saturated carbocycles. The second kappa shape index (κ2) is 6.71. The van der Waals surface area contributed by atoms with E-state index in [0.717, 1.165) is 0 Å². The van der Waals surface area contributed by atoms with Crippen LogP contribution in [0.4, 0.5) is 4.39 Å². The van der Waals surface area contributed by atoms with E-state index in [9.17, 15) is 9.18 Å². The van der Waals surface area contributed by atoms with Crippen molar-refractivity contribution in [2.45, 2.75) is 19.9 Å². The van der Waals surface area contributed by atoms with Crippen LogP contribution in [-0.4, -0.2) is 25.0 Å². The highest BCUT2D eigenvalue weighted by molar-refractivity contribution is 9.10. The Labute approximate surface area is 109 Å². The van der Waals surface area contributed by atoms with Gasteiger partial charge in [0, 0.05) is 19.1 Å². The molecular weight excluding hydrogens is 287 g/mol. The third-order valence-electron chi connectivity index (χ3n) is 2.16. The fourth-order valence-corrected chi connectivity index (χ4v) is 1.76. The van der Waals surface area contributed by atoms with E-state index in [-0.39, 0.29) is 10.4 Å². The Hall–Kier alpha value is -0.940. The van der Waals surface area contributed by atoms with Gasteiger partial charge in [-0.3, -0.25) is 4.79 Å². The minimum absolute atomic E-state index is 0.203. The average Bonchev–Trinajstić information content (AvgIpc) is 2.27. The molecule has 5 heteroatoms. The van der Waals surface area contributed by atoms with E-state index in [1.54, 1.807) is 6.07 Å². The zero-order valence-electron chi connectivity index (χ0n) is 9.89. The zero-order chi connectivity index (χ0) is 12.8. The van der Waals surface area contributed by atoms with E-state index >= 15 is 0 Å². The molecule has 3 nitrogen and oxygen atoms in total. The number of nitrogens with one attached hydrogen (secondary N) is 2. The summed E-state index contributed by atoms with van der Waals surface area (Å²) in [6.45, 7) is 5.27. The summed E-state index contributed by atoms with van der Waals surface area (Å²) in [4.78, 5) is 11.7. The van der Waals surface area contributed by atoms with Gasteiger partial charge in [0.15, 0.2) is 0 Å². The second-order valence-corrected chi connectivity index (χ2v) is 4.76. The van der Waals surface area contributed by atoms with Gasteiger partial charge < -0.3 is 10.6 Å². The molecule has 2 N–H and O–H groups in total. The molecule has 0 radical (unpaired) electrons. The Kier molecular flexibility index (Phi) is 5.58. The largest absolute Gasteiger partial charge is 0.351 e. The van der Waals surface area contributed by atoms with Crippen LogP contribution in [0.1, 0.15) is 24.2 Å². The van der Waals surface area contributed by atoms with E-state index < -0.39 is 5.82 Å². The first kappa shape index (κ1) is 14.1. The quantitative estimate of drug-likeness (QED) is 0.820. The van der Waals surface area contributed by atoms with Crippen LogP contribution in [0.2, 0.25) is 0 Å². The number of hydrogen-bond donors (Lipinski definition) is 2. The van der Waals surface area contributed by atoms with Crippen LogP contribution in [0.15, 0.2) is 22.7 Å². The van der Waals surface area contributed by atoms with Crippen molar-refractivity contribution >= 4 is 21.8 Å². The van der Waals surface area contributed by atoms with Gasteiger partial charge in [-0.15, -0.1) is 0 Å². The summed E-state index contributed by atoms with van der Waals surface area (Å²) in [6, 6.07) is 4.79. The first-order valence-corrected chi connectivity index (χ1v) is 6.27. The summed E-state index contributed by atoms with van der Waals surface area (Å²) in [5.41, 5.74) is 0.314. The number of carbonyl (C=O) groups excluding carboxylic acids is 1. The molecule has 17 heavy (non-hydrogen) atoms. The van der Waals surface area contributed by atoms with Crippen molar-refractivity contribution < 1.29 is 9.18 Å². The van der Waals surface area contributed by atoms with Crippen molar-refractivity contribution in [3.63, 3.8) is 0 Å². The highest BCUT2D eigenvalue weighted by Crippen LogP contribution is 2.19. The van der Waals surface area contributed by atoms with E-state index in [1.807, 2.05) is 13.8 Å². The zero-order valence-corrected chi connectivity index (χ0v) is 11.5. The molecule has 1 aromatic rings. The summed E-state index contributed by atoms with van der Waals surface area (Å²) in [5.74, 6) is -0.708. The van der Waals surface area contributed by atoms with Crippen molar-refractivity contribution in [2.24, 2.45) is 0 Å². The maximum atomic E-state index is 13.2. The Balaban J connectivity index is 2.50. The van der Waals surface area contributed by atoms with Gasteiger partial charge in [-0.1, -0.05) is 19.9 Å². The lowest BCUT2D eigenvalue weighted by atomic mass is 10.2. The standard InChI is InChI=1S/C12H16BrFN2O/c1-8(2)15-6-7-16-12(17)9-4-3-5-10(14)11(9)13/h3-5,8,15H,6-7H2,1-2H3,(H,16,17). The fourth-order valence-electron chi connectivity index (χ4n) is 1.31. The molecule has 0 unspecified atom stereocenters. The Bertz CT molecular complexity index is 396. The third kappa shape index (κ3) is 4.44. The molecule has 0 spiro atoms. The first-order chi connectivity index (χ1) is 8.02. The monoisotopic (exact) mass is 302 g/mol. The fraction of sp³-hybridized carbons (Fsp3) is 0.417. The van der Waals surface area contributed by atoms with Crippen molar-refractivity contribution in [2.75, 3.05) is 13.1 Å². The van der Waals surface area contributed by atoms with Crippen LogP contribution < -0.4 is 10.6 Å². The molecule has 1 amide bonds. The molecule has 0 fully saturated rings. The van der Waals surface area contributed by atoms with Gasteiger partial charge >= 0.3 is 0 Å². The molecule has 0 aliphatic rings. The molecule has 1 aromatic carbocycles. The summed E-state index contributed by atoms with van der Waals surface area (Å²) in [6.07, 6.45) is 0. The van der Waals surface area contributed by atoms with Crippen LogP contribution >= 0.6 is 15.9 Å². The molecule has 0 aliphatic carbocycles. The molecule has 0 aromatic heterocycles. The van der Waals surface area contributed by atoms with Crippen LogP contribution in [0, 0.1) is 5.82 Å². The maximum Gasteiger partial charge on any atom is 0.252 e. The highest BCUT2D eigenvalue weighted by Gasteiger charge is 2.12.